The molecule has 2 N–H and O–H groups in total. The van der Waals surface area contributed by atoms with Crippen LogP contribution in [0.1, 0.15) is 31.8 Å². The number of aliphatic hydroxyl groups excluding tert-OH is 1. The van der Waals surface area contributed by atoms with E-state index in [0.29, 0.717) is 0 Å². The maximum absolute atomic E-state index is 12.8. The monoisotopic (exact) mass is 293 g/mol. The number of aromatic nitrogens is 2. The smallest absolute Gasteiger partial charge is 0.403 e. The van der Waals surface area contributed by atoms with Gasteiger partial charge in [0.2, 0.25) is 5.43 Å². The van der Waals surface area contributed by atoms with Gasteiger partial charge in [-0.1, -0.05) is 0 Å². The van der Waals surface area contributed by atoms with Crippen LogP contribution >= 0.6 is 0 Å². The van der Waals surface area contributed by atoms with E-state index in [4.69, 9.17) is 0 Å². The lowest BCUT2D eigenvalue weighted by Crippen LogP contribution is -2.51. The Balaban J connectivity index is 2.50. The van der Waals surface area contributed by atoms with Crippen molar-refractivity contribution in [1.29, 1.82) is 0 Å². The highest BCUT2D eigenvalue weighted by atomic mass is 19.4. The average Bonchev–Trinajstić information content (AvgIpc) is 2.35. The molecule has 0 fully saturated rings. The minimum atomic E-state index is -4.53. The largest absolute Gasteiger partial charge is 0.503 e. The molecule has 0 bridgehead atoms. The summed E-state index contributed by atoms with van der Waals surface area (Å²) >= 11 is 0. The molecule has 112 valence electrons. The fourth-order valence-corrected chi connectivity index (χ4v) is 2.26. The van der Waals surface area contributed by atoms with Gasteiger partial charge in [0.25, 0.3) is 0 Å². The second-order valence-corrected chi connectivity index (χ2v) is 4.82. The van der Waals surface area contributed by atoms with Gasteiger partial charge in [0.05, 0.1) is 12.2 Å². The van der Waals surface area contributed by atoms with Crippen LogP contribution in [0, 0.1) is 0 Å². The second-order valence-electron chi connectivity index (χ2n) is 4.82. The summed E-state index contributed by atoms with van der Waals surface area (Å²) < 4.78 is 39.5. The minimum absolute atomic E-state index is 0.107. The number of aromatic hydroxyl groups is 1. The molecule has 1 unspecified atom stereocenters. The highest BCUT2D eigenvalue weighted by molar-refractivity contribution is 5.27. The van der Waals surface area contributed by atoms with Crippen LogP contribution in [0.3, 0.4) is 0 Å². The standard InChI is InChI=1S/C11H14F3N3O3/c1-5-4-16(6(2)11(12,13)14)10(20)8-9(19)7(18)3-15-17(5)8/h3,5-6,10,19-20H,4H2,1-2H3/t5-,6-,10?/m1/s1. The number of nitrogens with zero attached hydrogens (tertiary/aromatic N) is 3. The summed E-state index contributed by atoms with van der Waals surface area (Å²) in [5.41, 5.74) is -1.16. The van der Waals surface area contributed by atoms with Crippen LogP contribution in [-0.4, -0.2) is 43.7 Å². The Morgan fingerprint density at radius 1 is 1.50 bits per heavy atom. The van der Waals surface area contributed by atoms with Crippen LogP contribution in [0.4, 0.5) is 13.2 Å². The Morgan fingerprint density at radius 2 is 2.10 bits per heavy atom. The fraction of sp³-hybridized carbons (Fsp3) is 0.636. The molecule has 2 heterocycles. The Labute approximate surface area is 112 Å². The molecule has 1 aromatic rings. The third-order valence-corrected chi connectivity index (χ3v) is 3.44. The molecule has 1 aromatic heterocycles. The minimum Gasteiger partial charge on any atom is -0.503 e. The first kappa shape index (κ1) is 14.8. The van der Waals surface area contributed by atoms with E-state index in [9.17, 15) is 28.2 Å². The number of hydrogen-bond acceptors (Lipinski definition) is 5. The summed E-state index contributed by atoms with van der Waals surface area (Å²) in [7, 11) is 0. The SMILES string of the molecule is C[C@@H]1CN([C@H](C)C(F)(F)F)C(O)c2c(O)c(=O)cnn21. The molecule has 2 rings (SSSR count). The van der Waals surface area contributed by atoms with Crippen molar-refractivity contribution in [3.05, 3.63) is 22.1 Å². The van der Waals surface area contributed by atoms with Crippen molar-refractivity contribution in [2.75, 3.05) is 6.54 Å². The molecule has 20 heavy (non-hydrogen) atoms. The van der Waals surface area contributed by atoms with Crippen molar-refractivity contribution in [3.8, 4) is 5.75 Å². The maximum Gasteiger partial charge on any atom is 0.403 e. The van der Waals surface area contributed by atoms with Gasteiger partial charge in [-0.2, -0.15) is 18.3 Å². The first-order valence-corrected chi connectivity index (χ1v) is 5.95. The van der Waals surface area contributed by atoms with E-state index in [1.54, 1.807) is 6.92 Å². The zero-order valence-corrected chi connectivity index (χ0v) is 10.8. The third-order valence-electron chi connectivity index (χ3n) is 3.44. The Hall–Kier alpha value is -1.61. The first-order chi connectivity index (χ1) is 9.14. The van der Waals surface area contributed by atoms with E-state index in [-0.39, 0.29) is 12.2 Å². The van der Waals surface area contributed by atoms with Crippen molar-refractivity contribution >= 4 is 0 Å². The number of halogens is 3. The van der Waals surface area contributed by atoms with E-state index in [0.717, 1.165) is 18.0 Å². The lowest BCUT2D eigenvalue weighted by atomic mass is 10.1. The van der Waals surface area contributed by atoms with Gasteiger partial charge in [-0.3, -0.25) is 14.4 Å². The van der Waals surface area contributed by atoms with Gasteiger partial charge in [-0.25, -0.2) is 0 Å². The number of alkyl halides is 3. The molecular weight excluding hydrogens is 279 g/mol. The molecule has 0 radical (unpaired) electrons. The number of aliphatic hydroxyl groups is 1. The zero-order chi connectivity index (χ0) is 15.2. The molecule has 6 nitrogen and oxygen atoms in total. The highest BCUT2D eigenvalue weighted by Gasteiger charge is 2.46. The van der Waals surface area contributed by atoms with E-state index >= 15 is 0 Å². The summed E-state index contributed by atoms with van der Waals surface area (Å²) in [6, 6.07) is -2.44. The van der Waals surface area contributed by atoms with E-state index < -0.39 is 35.7 Å². The topological polar surface area (TPSA) is 78.6 Å². The van der Waals surface area contributed by atoms with Gasteiger partial charge in [0, 0.05) is 6.54 Å². The Morgan fingerprint density at radius 3 is 2.65 bits per heavy atom. The van der Waals surface area contributed by atoms with Crippen LogP contribution < -0.4 is 5.43 Å². The molecule has 0 amide bonds. The summed E-state index contributed by atoms with van der Waals surface area (Å²) in [5, 5.41) is 23.5. The summed E-state index contributed by atoms with van der Waals surface area (Å²) in [5.74, 6) is -0.779. The molecule has 0 aliphatic carbocycles. The predicted molar refractivity (Wildman–Crippen MR) is 62.1 cm³/mol. The Bertz CT molecular complexity index is 572. The maximum atomic E-state index is 12.8. The van der Waals surface area contributed by atoms with Crippen molar-refractivity contribution in [2.45, 2.75) is 38.3 Å². The molecule has 1 aliphatic heterocycles. The molecule has 9 heteroatoms. The van der Waals surface area contributed by atoms with Crippen LogP contribution in [0.2, 0.25) is 0 Å². The Kier molecular flexibility index (Phi) is 3.51. The molecule has 0 spiro atoms. The number of rotatable bonds is 1. The van der Waals surface area contributed by atoms with Crippen LogP contribution in [0.25, 0.3) is 0 Å². The zero-order valence-electron chi connectivity index (χ0n) is 10.8. The van der Waals surface area contributed by atoms with Gasteiger partial charge < -0.3 is 10.2 Å². The molecule has 0 saturated carbocycles. The number of fused-ring (bicyclic) bond motifs is 1. The highest BCUT2D eigenvalue weighted by Crippen LogP contribution is 2.36. The van der Waals surface area contributed by atoms with Crippen molar-refractivity contribution in [1.82, 2.24) is 14.7 Å². The van der Waals surface area contributed by atoms with Crippen molar-refractivity contribution in [3.63, 3.8) is 0 Å². The van der Waals surface area contributed by atoms with E-state index in [1.165, 1.54) is 4.68 Å². The lowest BCUT2D eigenvalue weighted by Gasteiger charge is -2.41. The van der Waals surface area contributed by atoms with Gasteiger partial charge in [-0.15, -0.1) is 0 Å². The lowest BCUT2D eigenvalue weighted by molar-refractivity contribution is -0.209. The fourth-order valence-electron chi connectivity index (χ4n) is 2.26. The van der Waals surface area contributed by atoms with Crippen LogP contribution in [-0.2, 0) is 0 Å². The average molecular weight is 293 g/mol. The van der Waals surface area contributed by atoms with Gasteiger partial charge in [0.1, 0.15) is 11.7 Å². The van der Waals surface area contributed by atoms with E-state index in [1.807, 2.05) is 0 Å². The van der Waals surface area contributed by atoms with Crippen LogP contribution in [0.5, 0.6) is 5.75 Å². The molecule has 0 aromatic carbocycles. The third kappa shape index (κ3) is 2.27. The van der Waals surface area contributed by atoms with Gasteiger partial charge >= 0.3 is 6.18 Å². The van der Waals surface area contributed by atoms with E-state index in [2.05, 4.69) is 5.10 Å². The van der Waals surface area contributed by atoms with Gasteiger partial charge in [-0.05, 0) is 13.8 Å². The quantitative estimate of drug-likeness (QED) is 0.799. The second kappa shape index (κ2) is 4.74. The first-order valence-electron chi connectivity index (χ1n) is 5.95. The molecule has 1 aliphatic rings. The predicted octanol–water partition coefficient (Wildman–Crippen LogP) is 0.767. The van der Waals surface area contributed by atoms with Crippen molar-refractivity contribution < 1.29 is 23.4 Å². The number of hydrogen-bond donors (Lipinski definition) is 2. The molecule has 3 atom stereocenters. The van der Waals surface area contributed by atoms with Crippen molar-refractivity contribution in [2.24, 2.45) is 0 Å². The van der Waals surface area contributed by atoms with Gasteiger partial charge in [0.15, 0.2) is 12.0 Å². The summed E-state index contributed by atoms with van der Waals surface area (Å²) in [6.45, 7) is 2.39. The summed E-state index contributed by atoms with van der Waals surface area (Å²) in [4.78, 5) is 12.1. The molecule has 0 saturated heterocycles. The van der Waals surface area contributed by atoms with Crippen LogP contribution in [0.15, 0.2) is 11.0 Å². The molecular formula is C11H14F3N3O3. The summed E-state index contributed by atoms with van der Waals surface area (Å²) in [6.07, 6.45) is -5.41. The normalized spacial score (nSPS) is 25.3.